The number of carbonyl (C=O) groups is 1. The molecule has 1 amide bonds. The van der Waals surface area contributed by atoms with Gasteiger partial charge in [0, 0.05) is 5.56 Å². The fourth-order valence-corrected chi connectivity index (χ4v) is 1.10. The monoisotopic (exact) mass is 224 g/mol. The van der Waals surface area contributed by atoms with Gasteiger partial charge in [-0.25, -0.2) is 0 Å². The molecule has 15 heavy (non-hydrogen) atoms. The lowest BCUT2D eigenvalue weighted by molar-refractivity contribution is -0.123. The van der Waals surface area contributed by atoms with Crippen LogP contribution in [0.1, 0.15) is 12.5 Å². The topological polar surface area (TPSA) is 78.3 Å². The first kappa shape index (κ1) is 11.5. The number of amides is 1. The Kier molecular flexibility index (Phi) is 3.62. The second-order valence-corrected chi connectivity index (χ2v) is 3.49. The van der Waals surface area contributed by atoms with Crippen molar-refractivity contribution >= 4 is 23.1 Å². The molecule has 1 aromatic carbocycles. The number of hydrogen-bond donors (Lipinski definition) is 2. The molecule has 0 saturated carbocycles. The molecule has 1 atom stereocenters. The first-order valence-corrected chi connectivity index (χ1v) is 4.77. The van der Waals surface area contributed by atoms with E-state index < -0.39 is 12.0 Å². The summed E-state index contributed by atoms with van der Waals surface area (Å²) in [6.07, 6.45) is -0.652. The maximum atomic E-state index is 10.7. The van der Waals surface area contributed by atoms with Crippen molar-refractivity contribution in [2.24, 2.45) is 11.5 Å². The van der Waals surface area contributed by atoms with Crippen molar-refractivity contribution in [3.05, 3.63) is 29.8 Å². The predicted octanol–water partition coefficient (Wildman–Crippen LogP) is 0.573. The van der Waals surface area contributed by atoms with Crippen LogP contribution in [0, 0.1) is 0 Å². The third-order valence-corrected chi connectivity index (χ3v) is 2.09. The molecule has 80 valence electrons. The third-order valence-electron chi connectivity index (χ3n) is 1.85. The molecule has 1 rings (SSSR count). The highest BCUT2D eigenvalue weighted by molar-refractivity contribution is 7.80. The Labute approximate surface area is 93.2 Å². The van der Waals surface area contributed by atoms with E-state index in [0.717, 1.165) is 5.56 Å². The van der Waals surface area contributed by atoms with Gasteiger partial charge in [-0.3, -0.25) is 4.79 Å². The number of rotatable bonds is 4. The smallest absolute Gasteiger partial charge is 0.258 e. The summed E-state index contributed by atoms with van der Waals surface area (Å²) >= 11 is 4.80. The molecule has 0 bridgehead atoms. The summed E-state index contributed by atoms with van der Waals surface area (Å²) in [4.78, 5) is 11.1. The minimum atomic E-state index is -0.652. The molecule has 0 heterocycles. The predicted molar refractivity (Wildman–Crippen MR) is 61.6 cm³/mol. The Morgan fingerprint density at radius 1 is 1.33 bits per heavy atom. The summed E-state index contributed by atoms with van der Waals surface area (Å²) in [6.45, 7) is 1.59. The quantitative estimate of drug-likeness (QED) is 0.733. The highest BCUT2D eigenvalue weighted by Crippen LogP contribution is 2.13. The fourth-order valence-electron chi connectivity index (χ4n) is 0.960. The highest BCUT2D eigenvalue weighted by Gasteiger charge is 2.09. The molecule has 0 fully saturated rings. The maximum absolute atomic E-state index is 10.7. The van der Waals surface area contributed by atoms with Gasteiger partial charge in [0.15, 0.2) is 6.10 Å². The van der Waals surface area contributed by atoms with E-state index in [2.05, 4.69) is 0 Å². The largest absolute Gasteiger partial charge is 0.481 e. The van der Waals surface area contributed by atoms with Gasteiger partial charge < -0.3 is 16.2 Å². The summed E-state index contributed by atoms with van der Waals surface area (Å²) < 4.78 is 5.25. The highest BCUT2D eigenvalue weighted by atomic mass is 32.1. The lowest BCUT2D eigenvalue weighted by Gasteiger charge is -2.11. The van der Waals surface area contributed by atoms with Crippen LogP contribution in [-0.4, -0.2) is 17.0 Å². The minimum Gasteiger partial charge on any atom is -0.481 e. The van der Waals surface area contributed by atoms with E-state index >= 15 is 0 Å². The molecule has 5 heteroatoms. The van der Waals surface area contributed by atoms with Crippen molar-refractivity contribution in [1.82, 2.24) is 0 Å². The van der Waals surface area contributed by atoms with Gasteiger partial charge in [-0.1, -0.05) is 12.2 Å². The third kappa shape index (κ3) is 3.21. The van der Waals surface area contributed by atoms with Crippen LogP contribution in [0.2, 0.25) is 0 Å². The molecule has 0 aromatic heterocycles. The molecule has 0 saturated heterocycles. The summed E-state index contributed by atoms with van der Waals surface area (Å²) in [5.74, 6) is 0.0507. The number of nitrogens with two attached hydrogens (primary N) is 2. The molecule has 0 spiro atoms. The molecule has 0 aliphatic carbocycles. The van der Waals surface area contributed by atoms with Crippen LogP contribution in [0.4, 0.5) is 0 Å². The van der Waals surface area contributed by atoms with Crippen LogP contribution < -0.4 is 16.2 Å². The Hall–Kier alpha value is -1.62. The van der Waals surface area contributed by atoms with Gasteiger partial charge in [-0.15, -0.1) is 0 Å². The van der Waals surface area contributed by atoms with Gasteiger partial charge in [0.1, 0.15) is 10.7 Å². The standard InChI is InChI=1S/C10H12N2O2S/c1-6(9(11)13)14-8-4-2-7(3-5-8)10(12)15/h2-6H,1H3,(H2,11,13)(H2,12,15). The zero-order valence-electron chi connectivity index (χ0n) is 8.27. The zero-order valence-corrected chi connectivity index (χ0v) is 9.08. The van der Waals surface area contributed by atoms with Crippen LogP contribution >= 0.6 is 12.2 Å². The van der Waals surface area contributed by atoms with E-state index in [0.29, 0.717) is 10.7 Å². The van der Waals surface area contributed by atoms with E-state index in [4.69, 9.17) is 28.4 Å². The van der Waals surface area contributed by atoms with E-state index in [1.54, 1.807) is 31.2 Å². The van der Waals surface area contributed by atoms with E-state index in [1.807, 2.05) is 0 Å². The lowest BCUT2D eigenvalue weighted by atomic mass is 10.2. The Bertz CT molecular complexity index is 376. The van der Waals surface area contributed by atoms with E-state index in [9.17, 15) is 4.79 Å². The van der Waals surface area contributed by atoms with Crippen molar-refractivity contribution in [2.45, 2.75) is 13.0 Å². The van der Waals surface area contributed by atoms with Crippen molar-refractivity contribution in [3.63, 3.8) is 0 Å². The molecular formula is C10H12N2O2S. The van der Waals surface area contributed by atoms with Crippen LogP contribution in [0.15, 0.2) is 24.3 Å². The number of primary amides is 1. The molecule has 0 radical (unpaired) electrons. The average molecular weight is 224 g/mol. The lowest BCUT2D eigenvalue weighted by Crippen LogP contribution is -2.30. The SMILES string of the molecule is CC(Oc1ccc(C(N)=S)cc1)C(N)=O. The molecular weight excluding hydrogens is 212 g/mol. The second kappa shape index (κ2) is 4.75. The van der Waals surface area contributed by atoms with Crippen LogP contribution in [-0.2, 0) is 4.79 Å². The fraction of sp³-hybridized carbons (Fsp3) is 0.200. The minimum absolute atomic E-state index is 0.324. The van der Waals surface area contributed by atoms with Crippen molar-refractivity contribution < 1.29 is 9.53 Å². The van der Waals surface area contributed by atoms with Gasteiger partial charge in [-0.05, 0) is 31.2 Å². The normalized spacial score (nSPS) is 11.8. The number of thiocarbonyl (C=S) groups is 1. The van der Waals surface area contributed by atoms with Gasteiger partial charge >= 0.3 is 0 Å². The molecule has 1 unspecified atom stereocenters. The summed E-state index contributed by atoms with van der Waals surface area (Å²) in [7, 11) is 0. The maximum Gasteiger partial charge on any atom is 0.258 e. The number of carbonyl (C=O) groups excluding carboxylic acids is 1. The van der Waals surface area contributed by atoms with Crippen molar-refractivity contribution in [1.29, 1.82) is 0 Å². The van der Waals surface area contributed by atoms with E-state index in [1.165, 1.54) is 0 Å². The van der Waals surface area contributed by atoms with Crippen LogP contribution in [0.3, 0.4) is 0 Å². The first-order chi connectivity index (χ1) is 7.00. The summed E-state index contributed by atoms with van der Waals surface area (Å²) in [6, 6.07) is 6.83. The van der Waals surface area contributed by atoms with Gasteiger partial charge in [0.25, 0.3) is 5.91 Å². The summed E-state index contributed by atoms with van der Waals surface area (Å²) in [5, 5.41) is 0. The molecule has 1 aromatic rings. The van der Waals surface area contributed by atoms with E-state index in [-0.39, 0.29) is 0 Å². The number of ether oxygens (including phenoxy) is 1. The Morgan fingerprint density at radius 2 is 1.87 bits per heavy atom. The second-order valence-electron chi connectivity index (χ2n) is 3.05. The van der Waals surface area contributed by atoms with Gasteiger partial charge in [0.05, 0.1) is 0 Å². The molecule has 0 aliphatic heterocycles. The first-order valence-electron chi connectivity index (χ1n) is 4.36. The zero-order chi connectivity index (χ0) is 11.4. The van der Waals surface area contributed by atoms with Gasteiger partial charge in [0.2, 0.25) is 0 Å². The Morgan fingerprint density at radius 3 is 2.27 bits per heavy atom. The molecule has 4 N–H and O–H groups in total. The molecule has 0 aliphatic rings. The summed E-state index contributed by atoms with van der Waals surface area (Å²) in [5.41, 5.74) is 11.2. The number of hydrogen-bond acceptors (Lipinski definition) is 3. The number of benzene rings is 1. The average Bonchev–Trinajstić information content (AvgIpc) is 2.18. The molecule has 4 nitrogen and oxygen atoms in total. The van der Waals surface area contributed by atoms with Crippen LogP contribution in [0.25, 0.3) is 0 Å². The van der Waals surface area contributed by atoms with Crippen LogP contribution in [0.5, 0.6) is 5.75 Å². The van der Waals surface area contributed by atoms with Crippen molar-refractivity contribution in [2.75, 3.05) is 0 Å². The van der Waals surface area contributed by atoms with Gasteiger partial charge in [-0.2, -0.15) is 0 Å². The van der Waals surface area contributed by atoms with Crippen molar-refractivity contribution in [3.8, 4) is 5.75 Å². The Balaban J connectivity index is 2.72.